The predicted octanol–water partition coefficient (Wildman–Crippen LogP) is 3.46. The third-order valence-electron chi connectivity index (χ3n) is 4.41. The van der Waals surface area contributed by atoms with Crippen molar-refractivity contribution in [2.75, 3.05) is 13.2 Å². The number of ether oxygens (including phenoxy) is 1. The highest BCUT2D eigenvalue weighted by molar-refractivity contribution is 5.83. The second kappa shape index (κ2) is 7.89. The summed E-state index contributed by atoms with van der Waals surface area (Å²) in [7, 11) is 0. The first-order valence-electron chi connectivity index (χ1n) is 8.07. The van der Waals surface area contributed by atoms with Gasteiger partial charge in [0.25, 0.3) is 0 Å². The molecule has 118 valence electrons. The molecule has 1 fully saturated rings. The lowest BCUT2D eigenvalue weighted by atomic mass is 9.71. The molecule has 0 aromatic heterocycles. The van der Waals surface area contributed by atoms with Crippen LogP contribution in [-0.2, 0) is 4.79 Å². The van der Waals surface area contributed by atoms with E-state index in [0.29, 0.717) is 19.6 Å². The maximum absolute atomic E-state index is 12.5. The average Bonchev–Trinajstić information content (AvgIpc) is 2.54. The van der Waals surface area contributed by atoms with Crippen molar-refractivity contribution >= 4 is 5.91 Å². The van der Waals surface area contributed by atoms with Gasteiger partial charge in [-0.05, 0) is 31.9 Å². The third kappa shape index (κ3) is 4.27. The number of terminal acetylenes is 1. The number of carbonyl (C=O) groups excluding carboxylic acids is 1. The van der Waals surface area contributed by atoms with Crippen molar-refractivity contribution in [1.29, 1.82) is 0 Å². The van der Waals surface area contributed by atoms with E-state index >= 15 is 0 Å². The number of amides is 1. The fourth-order valence-corrected chi connectivity index (χ4v) is 3.06. The Bertz CT molecular complexity index is 521. The Labute approximate surface area is 133 Å². The summed E-state index contributed by atoms with van der Waals surface area (Å²) in [4.78, 5) is 12.5. The van der Waals surface area contributed by atoms with Gasteiger partial charge in [-0.25, -0.2) is 0 Å². The van der Waals surface area contributed by atoms with E-state index in [1.807, 2.05) is 31.2 Å². The van der Waals surface area contributed by atoms with Crippen molar-refractivity contribution in [2.24, 2.45) is 5.41 Å². The molecule has 2 rings (SSSR count). The van der Waals surface area contributed by atoms with Crippen molar-refractivity contribution in [3.8, 4) is 18.1 Å². The molecular weight excluding hydrogens is 274 g/mol. The molecule has 0 aliphatic heterocycles. The molecule has 3 heteroatoms. The predicted molar refractivity (Wildman–Crippen MR) is 88.7 cm³/mol. The first-order chi connectivity index (χ1) is 10.7. The van der Waals surface area contributed by atoms with Crippen molar-refractivity contribution < 1.29 is 9.53 Å². The molecule has 3 nitrogen and oxygen atoms in total. The van der Waals surface area contributed by atoms with Crippen LogP contribution >= 0.6 is 0 Å². The minimum absolute atomic E-state index is 0.0951. The summed E-state index contributed by atoms with van der Waals surface area (Å²) < 4.78 is 5.64. The van der Waals surface area contributed by atoms with Crippen molar-refractivity contribution in [1.82, 2.24) is 5.32 Å². The van der Waals surface area contributed by atoms with Crippen LogP contribution in [0.2, 0.25) is 0 Å². The lowest BCUT2D eigenvalue weighted by molar-refractivity contribution is -0.132. The molecule has 0 saturated heterocycles. The summed E-state index contributed by atoms with van der Waals surface area (Å²) in [6.07, 6.45) is 11.2. The van der Waals surface area contributed by atoms with Crippen molar-refractivity contribution in [3.63, 3.8) is 0 Å². The number of benzene rings is 1. The maximum Gasteiger partial charge on any atom is 0.227 e. The number of carbonyl (C=O) groups is 1. The molecule has 22 heavy (non-hydrogen) atoms. The van der Waals surface area contributed by atoms with Gasteiger partial charge in [-0.15, -0.1) is 12.3 Å². The van der Waals surface area contributed by atoms with Gasteiger partial charge in [0.1, 0.15) is 12.4 Å². The molecule has 1 aromatic carbocycles. The van der Waals surface area contributed by atoms with E-state index in [-0.39, 0.29) is 11.3 Å². The maximum atomic E-state index is 12.5. The van der Waals surface area contributed by atoms with Gasteiger partial charge in [-0.3, -0.25) is 4.79 Å². The van der Waals surface area contributed by atoms with E-state index in [1.54, 1.807) is 0 Å². The summed E-state index contributed by atoms with van der Waals surface area (Å²) in [5.41, 5.74) is 0.853. The molecular formula is C19H25NO2. The van der Waals surface area contributed by atoms with E-state index in [9.17, 15) is 4.79 Å². The minimum atomic E-state index is -0.350. The van der Waals surface area contributed by atoms with Gasteiger partial charge < -0.3 is 10.1 Å². The van der Waals surface area contributed by atoms with Gasteiger partial charge in [0.2, 0.25) is 5.91 Å². The normalized spacial score (nSPS) is 16.5. The molecule has 1 amide bonds. The Hall–Kier alpha value is -1.95. The topological polar surface area (TPSA) is 38.3 Å². The highest BCUT2D eigenvalue weighted by Gasteiger charge is 2.38. The highest BCUT2D eigenvalue weighted by Crippen LogP contribution is 2.39. The van der Waals surface area contributed by atoms with E-state index in [1.165, 1.54) is 12.0 Å². The molecule has 1 aromatic rings. The average molecular weight is 299 g/mol. The minimum Gasteiger partial charge on any atom is -0.492 e. The largest absolute Gasteiger partial charge is 0.492 e. The summed E-state index contributed by atoms with van der Waals surface area (Å²) in [6, 6.07) is 7.91. The number of aryl methyl sites for hydroxylation is 1. The van der Waals surface area contributed by atoms with Gasteiger partial charge in [0, 0.05) is 6.42 Å². The molecule has 1 N–H and O–H groups in total. The summed E-state index contributed by atoms with van der Waals surface area (Å²) >= 11 is 0. The Balaban J connectivity index is 1.78. The summed E-state index contributed by atoms with van der Waals surface area (Å²) in [6.45, 7) is 3.03. The molecule has 1 saturated carbocycles. The monoisotopic (exact) mass is 299 g/mol. The highest BCUT2D eigenvalue weighted by atomic mass is 16.5. The number of hydrogen-bond acceptors (Lipinski definition) is 2. The van der Waals surface area contributed by atoms with Crippen LogP contribution in [-0.4, -0.2) is 19.1 Å². The zero-order valence-electron chi connectivity index (χ0n) is 13.4. The zero-order valence-corrected chi connectivity index (χ0v) is 13.4. The van der Waals surface area contributed by atoms with Crippen LogP contribution < -0.4 is 10.1 Å². The molecule has 0 heterocycles. The van der Waals surface area contributed by atoms with Crippen LogP contribution in [0.3, 0.4) is 0 Å². The summed E-state index contributed by atoms with van der Waals surface area (Å²) in [5, 5.41) is 3.00. The Kier molecular flexibility index (Phi) is 5.89. The SMILES string of the molecule is C#CCC1(C(=O)NCCOc2ccc(C)cc2)CCCCC1. The van der Waals surface area contributed by atoms with Gasteiger partial charge in [-0.2, -0.15) is 0 Å². The second-order valence-corrected chi connectivity index (χ2v) is 6.14. The zero-order chi connectivity index (χ0) is 15.8. The number of nitrogens with one attached hydrogen (secondary N) is 1. The standard InChI is InChI=1S/C19H25NO2/c1-3-11-19(12-5-4-6-13-19)18(21)20-14-15-22-17-9-7-16(2)8-10-17/h1,7-10H,4-6,11-15H2,2H3,(H,20,21). The molecule has 0 atom stereocenters. The van der Waals surface area contributed by atoms with Crippen LogP contribution in [0.4, 0.5) is 0 Å². The van der Waals surface area contributed by atoms with E-state index in [0.717, 1.165) is 31.4 Å². The van der Waals surface area contributed by atoms with Gasteiger partial charge in [0.05, 0.1) is 12.0 Å². The van der Waals surface area contributed by atoms with Gasteiger partial charge in [-0.1, -0.05) is 37.0 Å². The van der Waals surface area contributed by atoms with Crippen LogP contribution in [0, 0.1) is 24.7 Å². The van der Waals surface area contributed by atoms with Crippen LogP contribution in [0.1, 0.15) is 44.1 Å². The quantitative estimate of drug-likeness (QED) is 0.645. The van der Waals surface area contributed by atoms with Crippen molar-refractivity contribution in [3.05, 3.63) is 29.8 Å². The second-order valence-electron chi connectivity index (χ2n) is 6.14. The fraction of sp³-hybridized carbons (Fsp3) is 0.526. The Morgan fingerprint density at radius 3 is 2.59 bits per heavy atom. The first-order valence-corrected chi connectivity index (χ1v) is 8.07. The molecule has 1 aliphatic carbocycles. The molecule has 0 bridgehead atoms. The Morgan fingerprint density at radius 2 is 1.95 bits per heavy atom. The van der Waals surface area contributed by atoms with Crippen LogP contribution in [0.15, 0.2) is 24.3 Å². The molecule has 0 radical (unpaired) electrons. The molecule has 0 spiro atoms. The smallest absolute Gasteiger partial charge is 0.227 e. The molecule has 1 aliphatic rings. The number of hydrogen-bond donors (Lipinski definition) is 1. The van der Waals surface area contributed by atoms with E-state index < -0.39 is 0 Å². The Morgan fingerprint density at radius 1 is 1.27 bits per heavy atom. The fourth-order valence-electron chi connectivity index (χ4n) is 3.06. The lowest BCUT2D eigenvalue weighted by Gasteiger charge is -2.34. The third-order valence-corrected chi connectivity index (χ3v) is 4.41. The molecule has 0 unspecified atom stereocenters. The summed E-state index contributed by atoms with van der Waals surface area (Å²) in [5.74, 6) is 3.61. The number of rotatable bonds is 6. The van der Waals surface area contributed by atoms with Crippen LogP contribution in [0.25, 0.3) is 0 Å². The first kappa shape index (κ1) is 16.4. The van der Waals surface area contributed by atoms with E-state index in [2.05, 4.69) is 11.2 Å². The lowest BCUT2D eigenvalue weighted by Crippen LogP contribution is -2.43. The van der Waals surface area contributed by atoms with Crippen molar-refractivity contribution in [2.45, 2.75) is 45.4 Å². The van der Waals surface area contributed by atoms with Gasteiger partial charge in [0.15, 0.2) is 0 Å². The van der Waals surface area contributed by atoms with Crippen LogP contribution in [0.5, 0.6) is 5.75 Å². The van der Waals surface area contributed by atoms with Gasteiger partial charge >= 0.3 is 0 Å². The van der Waals surface area contributed by atoms with E-state index in [4.69, 9.17) is 11.2 Å².